The van der Waals surface area contributed by atoms with Crippen LogP contribution in [0.3, 0.4) is 0 Å². The van der Waals surface area contributed by atoms with E-state index in [9.17, 15) is 8.42 Å². The summed E-state index contributed by atoms with van der Waals surface area (Å²) in [6.45, 7) is 1.56. The summed E-state index contributed by atoms with van der Waals surface area (Å²) < 4.78 is 20.1. The topological polar surface area (TPSA) is 34.1 Å². The SMILES string of the molecule is CC#CCS(=O)(=O)Cl. The van der Waals surface area contributed by atoms with Crippen molar-refractivity contribution in [2.24, 2.45) is 0 Å². The molecular weight excluding hydrogens is 148 g/mol. The normalized spacial score (nSPS) is 9.75. The van der Waals surface area contributed by atoms with Gasteiger partial charge in [0.2, 0.25) is 9.05 Å². The Bertz CT molecular complexity index is 206. The summed E-state index contributed by atoms with van der Waals surface area (Å²) in [6, 6.07) is 0. The van der Waals surface area contributed by atoms with E-state index < -0.39 is 9.05 Å². The van der Waals surface area contributed by atoms with E-state index in [1.54, 1.807) is 6.92 Å². The van der Waals surface area contributed by atoms with E-state index in [0.29, 0.717) is 0 Å². The van der Waals surface area contributed by atoms with Gasteiger partial charge in [0.25, 0.3) is 0 Å². The third-order valence-electron chi connectivity index (χ3n) is 0.421. The first-order chi connectivity index (χ1) is 3.56. The van der Waals surface area contributed by atoms with Crippen LogP contribution in [0, 0.1) is 11.8 Å². The van der Waals surface area contributed by atoms with Crippen molar-refractivity contribution in [3.05, 3.63) is 0 Å². The van der Waals surface area contributed by atoms with Gasteiger partial charge in [0.15, 0.2) is 0 Å². The van der Waals surface area contributed by atoms with Gasteiger partial charge in [0, 0.05) is 10.7 Å². The first-order valence-electron chi connectivity index (χ1n) is 1.88. The fraction of sp³-hybridized carbons (Fsp3) is 0.500. The predicted octanol–water partition coefficient (Wildman–Crippen LogP) is 0.578. The lowest BCUT2D eigenvalue weighted by atomic mass is 10.7. The summed E-state index contributed by atoms with van der Waals surface area (Å²) in [7, 11) is 1.39. The zero-order valence-corrected chi connectivity index (χ0v) is 5.88. The molecule has 0 heterocycles. The van der Waals surface area contributed by atoms with Crippen LogP contribution in [-0.4, -0.2) is 14.2 Å². The maximum Gasteiger partial charge on any atom is 0.243 e. The Labute approximate surface area is 53.3 Å². The van der Waals surface area contributed by atoms with E-state index in [1.165, 1.54) is 0 Å². The molecule has 0 spiro atoms. The van der Waals surface area contributed by atoms with Crippen LogP contribution < -0.4 is 0 Å². The maximum atomic E-state index is 10.1. The Morgan fingerprint density at radius 1 is 1.62 bits per heavy atom. The molecule has 0 aromatic heterocycles. The molecule has 0 radical (unpaired) electrons. The van der Waals surface area contributed by atoms with Gasteiger partial charge in [0.05, 0.1) is 0 Å². The number of halogens is 1. The molecule has 4 heteroatoms. The van der Waals surface area contributed by atoms with Crippen molar-refractivity contribution in [3.63, 3.8) is 0 Å². The molecule has 2 nitrogen and oxygen atoms in total. The van der Waals surface area contributed by atoms with Gasteiger partial charge in [-0.25, -0.2) is 8.42 Å². The van der Waals surface area contributed by atoms with Gasteiger partial charge in [-0.1, -0.05) is 5.92 Å². The lowest BCUT2D eigenvalue weighted by Crippen LogP contribution is -1.91. The molecule has 0 aromatic carbocycles. The summed E-state index contributed by atoms with van der Waals surface area (Å²) in [6.07, 6.45) is 0. The third-order valence-corrected chi connectivity index (χ3v) is 1.24. The Morgan fingerprint density at radius 3 is 2.25 bits per heavy atom. The molecule has 0 rings (SSSR count). The molecule has 0 aliphatic carbocycles. The van der Waals surface area contributed by atoms with Crippen LogP contribution in [0.2, 0.25) is 0 Å². The molecular formula is C4H5ClO2S. The minimum atomic E-state index is -3.39. The second-order valence-electron chi connectivity index (χ2n) is 1.11. The molecule has 0 unspecified atom stereocenters. The summed E-state index contributed by atoms with van der Waals surface area (Å²) in [5, 5.41) is 0. The third kappa shape index (κ3) is 5.80. The van der Waals surface area contributed by atoms with Gasteiger partial charge in [0.1, 0.15) is 5.75 Å². The second kappa shape index (κ2) is 2.95. The minimum absolute atomic E-state index is 0.259. The van der Waals surface area contributed by atoms with E-state index in [-0.39, 0.29) is 5.75 Å². The van der Waals surface area contributed by atoms with Crippen LogP contribution in [0.1, 0.15) is 6.92 Å². The first kappa shape index (κ1) is 7.80. The molecule has 0 aliphatic heterocycles. The molecule has 46 valence electrons. The Morgan fingerprint density at radius 2 is 2.12 bits per heavy atom. The molecule has 0 atom stereocenters. The van der Waals surface area contributed by atoms with Crippen LogP contribution in [-0.2, 0) is 9.05 Å². The fourth-order valence-corrected chi connectivity index (χ4v) is 0.639. The number of rotatable bonds is 1. The highest BCUT2D eigenvalue weighted by Gasteiger charge is 1.98. The van der Waals surface area contributed by atoms with Crippen LogP contribution in [0.25, 0.3) is 0 Å². The van der Waals surface area contributed by atoms with E-state index in [4.69, 9.17) is 10.7 Å². The van der Waals surface area contributed by atoms with Crippen molar-refractivity contribution < 1.29 is 8.42 Å². The molecule has 8 heavy (non-hydrogen) atoms. The summed E-state index contributed by atoms with van der Waals surface area (Å²) >= 11 is 0. The largest absolute Gasteiger partial charge is 0.243 e. The van der Waals surface area contributed by atoms with E-state index in [1.807, 2.05) is 0 Å². The monoisotopic (exact) mass is 152 g/mol. The average molecular weight is 153 g/mol. The van der Waals surface area contributed by atoms with E-state index in [2.05, 4.69) is 11.8 Å². The molecule has 0 bridgehead atoms. The Balaban J connectivity index is 3.89. The van der Waals surface area contributed by atoms with Crippen molar-refractivity contribution in [3.8, 4) is 11.8 Å². The molecule has 0 saturated heterocycles. The lowest BCUT2D eigenvalue weighted by Gasteiger charge is -1.78. The summed E-state index contributed by atoms with van der Waals surface area (Å²) in [5.74, 6) is 4.47. The van der Waals surface area contributed by atoms with Crippen LogP contribution >= 0.6 is 10.7 Å². The predicted molar refractivity (Wildman–Crippen MR) is 33.1 cm³/mol. The number of hydrogen-bond acceptors (Lipinski definition) is 2. The van der Waals surface area contributed by atoms with Crippen LogP contribution in [0.4, 0.5) is 0 Å². The van der Waals surface area contributed by atoms with Gasteiger partial charge in [-0.3, -0.25) is 0 Å². The van der Waals surface area contributed by atoms with Gasteiger partial charge in [-0.15, -0.1) is 5.92 Å². The Hall–Kier alpha value is -0.200. The smallest absolute Gasteiger partial charge is 0.211 e. The molecule has 0 saturated carbocycles. The second-order valence-corrected chi connectivity index (χ2v) is 3.89. The lowest BCUT2D eigenvalue weighted by molar-refractivity contribution is 0.612. The summed E-state index contributed by atoms with van der Waals surface area (Å²) in [4.78, 5) is 0. The van der Waals surface area contributed by atoms with Crippen LogP contribution in [0.5, 0.6) is 0 Å². The van der Waals surface area contributed by atoms with Gasteiger partial charge in [-0.05, 0) is 6.92 Å². The zero-order chi connectivity index (χ0) is 6.62. The fourth-order valence-electron chi connectivity index (χ4n) is 0.158. The molecule has 0 N–H and O–H groups in total. The van der Waals surface area contributed by atoms with E-state index in [0.717, 1.165) is 0 Å². The highest BCUT2D eigenvalue weighted by Crippen LogP contribution is 1.92. The van der Waals surface area contributed by atoms with E-state index >= 15 is 0 Å². The highest BCUT2D eigenvalue weighted by atomic mass is 35.7. The van der Waals surface area contributed by atoms with Gasteiger partial charge < -0.3 is 0 Å². The quantitative estimate of drug-likeness (QED) is 0.407. The van der Waals surface area contributed by atoms with Crippen molar-refractivity contribution in [2.45, 2.75) is 6.92 Å². The minimum Gasteiger partial charge on any atom is -0.211 e. The van der Waals surface area contributed by atoms with Crippen molar-refractivity contribution in [2.75, 3.05) is 5.75 Å². The molecule has 0 amide bonds. The van der Waals surface area contributed by atoms with Crippen LogP contribution in [0.15, 0.2) is 0 Å². The van der Waals surface area contributed by atoms with Gasteiger partial charge in [-0.2, -0.15) is 0 Å². The first-order valence-corrected chi connectivity index (χ1v) is 4.36. The van der Waals surface area contributed by atoms with Crippen molar-refractivity contribution in [1.82, 2.24) is 0 Å². The summed E-state index contributed by atoms with van der Waals surface area (Å²) in [5.41, 5.74) is 0. The average Bonchev–Trinajstić information content (AvgIpc) is 1.59. The standard InChI is InChI=1S/C4H5ClO2S/c1-2-3-4-8(5,6)7/h4H2,1H3. The Kier molecular flexibility index (Phi) is 2.88. The maximum absolute atomic E-state index is 10.1. The molecule has 0 fully saturated rings. The zero-order valence-electron chi connectivity index (χ0n) is 4.31. The molecule has 0 aromatic rings. The number of hydrogen-bond donors (Lipinski definition) is 0. The van der Waals surface area contributed by atoms with Gasteiger partial charge >= 0.3 is 0 Å². The molecule has 0 aliphatic rings. The van der Waals surface area contributed by atoms with Crippen molar-refractivity contribution in [1.29, 1.82) is 0 Å². The van der Waals surface area contributed by atoms with Crippen molar-refractivity contribution >= 4 is 19.7 Å². The highest BCUT2D eigenvalue weighted by molar-refractivity contribution is 8.13.